The maximum Gasteiger partial charge on any atom is 0.270 e. The molecule has 0 bridgehead atoms. The van der Waals surface area contributed by atoms with Crippen LogP contribution in [0.15, 0.2) is 48.0 Å². The largest absolute Gasteiger partial charge is 0.493 e. The van der Waals surface area contributed by atoms with Crippen molar-refractivity contribution in [2.24, 2.45) is 0 Å². The van der Waals surface area contributed by atoms with Crippen molar-refractivity contribution in [2.75, 3.05) is 12.0 Å². The van der Waals surface area contributed by atoms with Crippen LogP contribution in [0.5, 0.6) is 11.5 Å². The first-order valence-electron chi connectivity index (χ1n) is 9.98. The number of methoxy groups -OCH3 is 1. The van der Waals surface area contributed by atoms with Crippen molar-refractivity contribution in [3.05, 3.63) is 58.6 Å². The summed E-state index contributed by atoms with van der Waals surface area (Å²) in [6.45, 7) is 0. The average Bonchev–Trinajstić information content (AvgIpc) is 3.26. The third-order valence-corrected chi connectivity index (χ3v) is 5.82. The van der Waals surface area contributed by atoms with E-state index in [4.69, 9.17) is 33.3 Å². The summed E-state index contributed by atoms with van der Waals surface area (Å²) in [4.78, 5) is 27.0. The Hall–Kier alpha value is -2.90. The van der Waals surface area contributed by atoms with Crippen LogP contribution < -0.4 is 19.7 Å². The first kappa shape index (κ1) is 21.3. The number of carbonyl (C=O) groups excluding carboxylic acids is 2. The van der Waals surface area contributed by atoms with Crippen molar-refractivity contribution in [3.8, 4) is 11.5 Å². The summed E-state index contributed by atoms with van der Waals surface area (Å²) in [5.74, 6) is 0.148. The van der Waals surface area contributed by atoms with Crippen LogP contribution in [0, 0.1) is 0 Å². The fourth-order valence-electron chi connectivity index (χ4n) is 3.71. The molecule has 0 atom stereocenters. The van der Waals surface area contributed by atoms with Crippen LogP contribution in [0.1, 0.15) is 31.2 Å². The zero-order valence-corrected chi connectivity index (χ0v) is 18.5. The van der Waals surface area contributed by atoms with Crippen molar-refractivity contribution >= 4 is 52.5 Å². The molecule has 2 aromatic carbocycles. The van der Waals surface area contributed by atoms with Gasteiger partial charge in [0, 0.05) is 5.02 Å². The number of thiocarbonyl (C=S) groups is 1. The predicted octanol–water partition coefficient (Wildman–Crippen LogP) is 4.50. The Labute approximate surface area is 190 Å². The molecule has 8 heteroatoms. The van der Waals surface area contributed by atoms with Gasteiger partial charge in [-0.2, -0.15) is 0 Å². The topological polar surface area (TPSA) is 67.9 Å². The minimum absolute atomic E-state index is 0.0226. The van der Waals surface area contributed by atoms with Gasteiger partial charge in [-0.1, -0.05) is 17.7 Å². The van der Waals surface area contributed by atoms with Crippen molar-refractivity contribution in [1.82, 2.24) is 5.32 Å². The summed E-state index contributed by atoms with van der Waals surface area (Å²) in [5.41, 5.74) is 1.14. The number of nitrogens with zero attached hydrogens (tertiary/aromatic N) is 1. The summed E-state index contributed by atoms with van der Waals surface area (Å²) in [6, 6.07) is 12.0. The van der Waals surface area contributed by atoms with Gasteiger partial charge < -0.3 is 9.47 Å². The standard InChI is InChI=1S/C23H21ClN2O4S/c1-29-19-11-6-14(13-20(19)30-17-4-2-3-5-17)12-18-21(27)25-23(31)26(22(18)28)16-9-7-15(24)8-10-16/h6-13,17H,2-5H2,1H3,(H,25,27,31)/b18-12+. The fourth-order valence-corrected chi connectivity index (χ4v) is 4.12. The molecule has 2 aliphatic rings. The van der Waals surface area contributed by atoms with E-state index in [1.165, 1.54) is 11.0 Å². The monoisotopic (exact) mass is 456 g/mol. The van der Waals surface area contributed by atoms with Gasteiger partial charge in [0.15, 0.2) is 16.6 Å². The van der Waals surface area contributed by atoms with Crippen LogP contribution in [0.2, 0.25) is 5.02 Å². The van der Waals surface area contributed by atoms with Gasteiger partial charge in [0.2, 0.25) is 0 Å². The van der Waals surface area contributed by atoms with Crippen LogP contribution in [-0.4, -0.2) is 30.1 Å². The van der Waals surface area contributed by atoms with Crippen LogP contribution in [0.25, 0.3) is 6.08 Å². The highest BCUT2D eigenvalue weighted by molar-refractivity contribution is 7.80. The second-order valence-electron chi connectivity index (χ2n) is 7.37. The molecule has 2 amide bonds. The molecule has 1 N–H and O–H groups in total. The van der Waals surface area contributed by atoms with Gasteiger partial charge in [0.1, 0.15) is 5.57 Å². The molecule has 0 unspecified atom stereocenters. The molecule has 0 radical (unpaired) electrons. The number of ether oxygens (including phenoxy) is 2. The van der Waals surface area contributed by atoms with Gasteiger partial charge >= 0.3 is 0 Å². The Morgan fingerprint density at radius 1 is 1.10 bits per heavy atom. The smallest absolute Gasteiger partial charge is 0.270 e. The number of rotatable bonds is 5. The number of halogens is 1. The van der Waals surface area contributed by atoms with Crippen molar-refractivity contribution in [3.63, 3.8) is 0 Å². The van der Waals surface area contributed by atoms with E-state index in [0.717, 1.165) is 25.7 Å². The first-order valence-corrected chi connectivity index (χ1v) is 10.8. The lowest BCUT2D eigenvalue weighted by molar-refractivity contribution is -0.122. The Morgan fingerprint density at radius 3 is 2.48 bits per heavy atom. The second-order valence-corrected chi connectivity index (χ2v) is 8.19. The third kappa shape index (κ3) is 4.57. The summed E-state index contributed by atoms with van der Waals surface area (Å²) in [6.07, 6.45) is 5.97. The molecule has 4 rings (SSSR count). The van der Waals surface area contributed by atoms with Crippen molar-refractivity contribution < 1.29 is 19.1 Å². The van der Waals surface area contributed by atoms with Crippen molar-refractivity contribution in [1.29, 1.82) is 0 Å². The lowest BCUT2D eigenvalue weighted by Crippen LogP contribution is -2.54. The highest BCUT2D eigenvalue weighted by Gasteiger charge is 2.34. The van der Waals surface area contributed by atoms with E-state index in [-0.39, 0.29) is 16.8 Å². The molecule has 160 valence electrons. The van der Waals surface area contributed by atoms with E-state index in [2.05, 4.69) is 5.32 Å². The molecule has 2 fully saturated rings. The Balaban J connectivity index is 1.66. The molecule has 1 heterocycles. The van der Waals surface area contributed by atoms with E-state index < -0.39 is 11.8 Å². The van der Waals surface area contributed by atoms with Crippen LogP contribution >= 0.6 is 23.8 Å². The van der Waals surface area contributed by atoms with Crippen LogP contribution in [-0.2, 0) is 9.59 Å². The number of amides is 2. The lowest BCUT2D eigenvalue weighted by Gasteiger charge is -2.29. The molecule has 0 spiro atoms. The Morgan fingerprint density at radius 2 is 1.81 bits per heavy atom. The molecule has 1 aliphatic carbocycles. The van der Waals surface area contributed by atoms with Gasteiger partial charge in [-0.15, -0.1) is 0 Å². The van der Waals surface area contributed by atoms with Crippen LogP contribution in [0.4, 0.5) is 5.69 Å². The number of carbonyl (C=O) groups is 2. The highest BCUT2D eigenvalue weighted by Crippen LogP contribution is 2.33. The van der Waals surface area contributed by atoms with E-state index in [0.29, 0.717) is 27.8 Å². The SMILES string of the molecule is COc1ccc(/C=C2\C(=O)NC(=S)N(c3ccc(Cl)cc3)C2=O)cc1OC1CCCC1. The van der Waals surface area contributed by atoms with Crippen LogP contribution in [0.3, 0.4) is 0 Å². The molecule has 2 aromatic rings. The summed E-state index contributed by atoms with van der Waals surface area (Å²) >= 11 is 11.2. The normalized spacial score (nSPS) is 18.5. The van der Waals surface area contributed by atoms with Gasteiger partial charge in [0.25, 0.3) is 11.8 Å². The minimum Gasteiger partial charge on any atom is -0.493 e. The summed E-state index contributed by atoms with van der Waals surface area (Å²) < 4.78 is 11.5. The Kier molecular flexibility index (Phi) is 6.25. The average molecular weight is 457 g/mol. The second kappa shape index (κ2) is 9.08. The molecular weight excluding hydrogens is 436 g/mol. The summed E-state index contributed by atoms with van der Waals surface area (Å²) in [7, 11) is 1.58. The molecule has 0 aromatic heterocycles. The fraction of sp³-hybridized carbons (Fsp3) is 0.261. The maximum atomic E-state index is 13.1. The van der Waals surface area contributed by atoms with Gasteiger partial charge in [-0.25, -0.2) is 0 Å². The predicted molar refractivity (Wildman–Crippen MR) is 124 cm³/mol. The number of nitrogens with one attached hydrogen (secondary N) is 1. The zero-order valence-electron chi connectivity index (χ0n) is 16.9. The van der Waals surface area contributed by atoms with Gasteiger partial charge in [-0.3, -0.25) is 19.8 Å². The minimum atomic E-state index is -0.547. The number of hydrogen-bond acceptors (Lipinski definition) is 5. The molecule has 1 saturated carbocycles. The summed E-state index contributed by atoms with van der Waals surface area (Å²) in [5, 5.41) is 3.14. The van der Waals surface area contributed by atoms with Gasteiger partial charge in [-0.05, 0) is 85.9 Å². The van der Waals surface area contributed by atoms with E-state index in [1.54, 1.807) is 49.6 Å². The number of anilines is 1. The highest BCUT2D eigenvalue weighted by atomic mass is 35.5. The van der Waals surface area contributed by atoms with E-state index >= 15 is 0 Å². The quantitative estimate of drug-likeness (QED) is 0.407. The van der Waals surface area contributed by atoms with Gasteiger partial charge in [0.05, 0.1) is 18.9 Å². The third-order valence-electron chi connectivity index (χ3n) is 5.28. The molecular formula is C23H21ClN2O4S. The van der Waals surface area contributed by atoms with E-state index in [1.807, 2.05) is 0 Å². The molecule has 31 heavy (non-hydrogen) atoms. The lowest BCUT2D eigenvalue weighted by atomic mass is 10.1. The zero-order chi connectivity index (χ0) is 22.0. The molecule has 1 aliphatic heterocycles. The first-order chi connectivity index (χ1) is 15.0. The van der Waals surface area contributed by atoms with Crippen molar-refractivity contribution in [2.45, 2.75) is 31.8 Å². The molecule has 6 nitrogen and oxygen atoms in total. The number of benzene rings is 2. The maximum absolute atomic E-state index is 13.1. The van der Waals surface area contributed by atoms with E-state index in [9.17, 15) is 9.59 Å². The Bertz CT molecular complexity index is 1060. The molecule has 1 saturated heterocycles. The number of hydrogen-bond donors (Lipinski definition) is 1.